The molecule has 0 aliphatic heterocycles. The summed E-state index contributed by atoms with van der Waals surface area (Å²) in [6, 6.07) is 0. The third kappa shape index (κ3) is 15.9. The minimum absolute atomic E-state index is 0. The number of hydrogen-bond donors (Lipinski definition) is 0. The molecular formula is C8H14CsO4-. The van der Waals surface area contributed by atoms with E-state index in [0.717, 1.165) is 0 Å². The molecule has 0 bridgehead atoms. The van der Waals surface area contributed by atoms with Crippen molar-refractivity contribution in [3.63, 3.8) is 0 Å². The van der Waals surface area contributed by atoms with Crippen LogP contribution in [0.3, 0.4) is 0 Å². The van der Waals surface area contributed by atoms with E-state index in [4.69, 9.17) is 4.74 Å². The Balaban J connectivity index is -0.000000500. The molecule has 0 saturated carbocycles. The van der Waals surface area contributed by atoms with Crippen molar-refractivity contribution in [2.24, 2.45) is 0 Å². The number of carbonyl (C=O) groups is 1. The molecule has 72 valence electrons. The summed E-state index contributed by atoms with van der Waals surface area (Å²) in [7, 11) is 0. The van der Waals surface area contributed by atoms with Crippen LogP contribution in [0.4, 0.5) is 0 Å². The molecule has 0 rings (SSSR count). The van der Waals surface area contributed by atoms with Crippen molar-refractivity contribution in [1.29, 1.82) is 0 Å². The van der Waals surface area contributed by atoms with Gasteiger partial charge in [-0.05, 0) is 20.8 Å². The molecule has 0 saturated heterocycles. The number of rotatable bonds is 3. The molecule has 0 aromatic rings. The van der Waals surface area contributed by atoms with Crippen LogP contribution in [0.15, 0.2) is 0 Å². The van der Waals surface area contributed by atoms with E-state index in [0.29, 0.717) is 0 Å². The van der Waals surface area contributed by atoms with E-state index in [2.05, 4.69) is 0 Å². The van der Waals surface area contributed by atoms with Crippen LogP contribution < -0.4 is 68.9 Å². The Morgan fingerprint density at radius 3 is 2.15 bits per heavy atom. The van der Waals surface area contributed by atoms with Crippen LogP contribution >= 0.6 is 0 Å². The molecule has 0 amide bonds. The zero-order valence-corrected chi connectivity index (χ0v) is 14.9. The minimum atomic E-state index is -0.458. The summed E-state index contributed by atoms with van der Waals surface area (Å²) in [6.45, 7) is 5.36. The molecule has 0 fully saturated rings. The Bertz CT molecular complexity index is 151. The summed E-state index contributed by atoms with van der Waals surface area (Å²) in [5.74, 6) is -0.346. The summed E-state index contributed by atoms with van der Waals surface area (Å²) in [4.78, 5) is 20.6. The number of hydrogen-bond acceptors (Lipinski definition) is 4. The standard InChI is InChI=1S/C8H13O3.Cs.H2O/c1-8(2,3)11-7(10)5-4-6-9;;/h4-5H2,1-3H3;;1H2/q-1;+1;/p-1. The van der Waals surface area contributed by atoms with Crippen LogP contribution in [-0.2, 0) is 14.3 Å². The fourth-order valence-corrected chi connectivity index (χ4v) is 0.546. The summed E-state index contributed by atoms with van der Waals surface area (Å²) in [5, 5.41) is 0. The predicted octanol–water partition coefficient (Wildman–Crippen LogP) is -1.95. The first kappa shape index (κ1) is 19.7. The van der Waals surface area contributed by atoms with Gasteiger partial charge in [-0.3, -0.25) is 11.1 Å². The van der Waals surface area contributed by atoms with Gasteiger partial charge >= 0.3 is 74.9 Å². The Hall–Kier alpha value is 1.15. The van der Waals surface area contributed by atoms with Gasteiger partial charge in [0.05, 0.1) is 0 Å². The average Bonchev–Trinajstić information content (AvgIpc) is 1.79. The molecule has 0 aromatic heterocycles. The monoisotopic (exact) mass is 307 g/mol. The predicted molar refractivity (Wildman–Crippen MR) is 42.7 cm³/mol. The first-order valence-corrected chi connectivity index (χ1v) is 3.52. The normalized spacial score (nSPS) is 9.15. The van der Waals surface area contributed by atoms with Crippen molar-refractivity contribution < 1.29 is 88.7 Å². The van der Waals surface area contributed by atoms with Crippen molar-refractivity contribution in [3.05, 3.63) is 0 Å². The van der Waals surface area contributed by atoms with Gasteiger partial charge in [0.1, 0.15) is 5.60 Å². The zero-order valence-electron chi connectivity index (χ0n) is 8.59. The van der Waals surface area contributed by atoms with E-state index < -0.39 is 5.60 Å². The SMILES string of the molecule is CC(C)(C)OC(=O)CC[C-]=O.[Cs+].[OH-]. The van der Waals surface area contributed by atoms with Gasteiger partial charge in [0.15, 0.2) is 0 Å². The Morgan fingerprint density at radius 2 is 1.85 bits per heavy atom. The smallest absolute Gasteiger partial charge is 0.870 e. The van der Waals surface area contributed by atoms with E-state index >= 15 is 0 Å². The number of ether oxygens (including phenoxy) is 1. The third-order valence-electron chi connectivity index (χ3n) is 0.851. The molecule has 0 aliphatic rings. The maximum atomic E-state index is 10.8. The van der Waals surface area contributed by atoms with Gasteiger partial charge in [-0.2, -0.15) is 0 Å². The second-order valence-corrected chi connectivity index (χ2v) is 3.23. The van der Waals surface area contributed by atoms with E-state index in [1.165, 1.54) is 0 Å². The van der Waals surface area contributed by atoms with E-state index in [1.54, 1.807) is 27.1 Å². The van der Waals surface area contributed by atoms with Gasteiger partial charge in [0.25, 0.3) is 0 Å². The van der Waals surface area contributed by atoms with Gasteiger partial charge in [-0.25, -0.2) is 0 Å². The Kier molecular flexibility index (Phi) is 14.7. The summed E-state index contributed by atoms with van der Waals surface area (Å²) in [5.41, 5.74) is -0.458. The molecule has 0 spiro atoms. The van der Waals surface area contributed by atoms with Crippen LogP contribution in [0.5, 0.6) is 0 Å². The quantitative estimate of drug-likeness (QED) is 0.448. The van der Waals surface area contributed by atoms with Crippen molar-refractivity contribution >= 4 is 12.3 Å². The van der Waals surface area contributed by atoms with Crippen molar-refractivity contribution in [2.45, 2.75) is 39.2 Å². The van der Waals surface area contributed by atoms with Gasteiger partial charge in [0, 0.05) is 6.42 Å². The van der Waals surface area contributed by atoms with Gasteiger partial charge in [-0.1, -0.05) is 0 Å². The maximum absolute atomic E-state index is 10.8. The Labute approximate surface area is 138 Å². The second-order valence-electron chi connectivity index (χ2n) is 3.23. The van der Waals surface area contributed by atoms with Gasteiger partial charge in [0.2, 0.25) is 0 Å². The molecule has 1 N–H and O–H groups in total. The second kappa shape index (κ2) is 9.70. The largest absolute Gasteiger partial charge is 1.00 e. The van der Waals surface area contributed by atoms with Crippen molar-refractivity contribution in [2.75, 3.05) is 0 Å². The molecule has 4 nitrogen and oxygen atoms in total. The first-order valence-electron chi connectivity index (χ1n) is 3.52. The molecule has 0 radical (unpaired) electrons. The topological polar surface area (TPSA) is 73.4 Å². The number of carbonyl (C=O) groups excluding carboxylic acids is 2. The van der Waals surface area contributed by atoms with Crippen LogP contribution in [0, 0.1) is 0 Å². The molecule has 0 atom stereocenters. The minimum Gasteiger partial charge on any atom is -0.870 e. The van der Waals surface area contributed by atoms with E-state index in [9.17, 15) is 9.59 Å². The molecule has 13 heavy (non-hydrogen) atoms. The zero-order chi connectivity index (χ0) is 8.91. The number of esters is 1. The maximum Gasteiger partial charge on any atom is 1.00 e. The van der Waals surface area contributed by atoms with Crippen LogP contribution in [0.2, 0.25) is 0 Å². The molecule has 0 unspecified atom stereocenters. The third-order valence-corrected chi connectivity index (χ3v) is 0.851. The Morgan fingerprint density at radius 1 is 1.38 bits per heavy atom. The summed E-state index contributed by atoms with van der Waals surface area (Å²) < 4.78 is 4.92. The van der Waals surface area contributed by atoms with Gasteiger partial charge in [-0.15, -0.1) is 6.42 Å². The summed E-state index contributed by atoms with van der Waals surface area (Å²) in [6.07, 6.45) is 1.88. The molecule has 0 heterocycles. The van der Waals surface area contributed by atoms with E-state index in [-0.39, 0.29) is 93.2 Å². The average molecular weight is 307 g/mol. The van der Waals surface area contributed by atoms with Crippen molar-refractivity contribution in [1.82, 2.24) is 0 Å². The van der Waals surface area contributed by atoms with Crippen molar-refractivity contribution in [3.8, 4) is 0 Å². The van der Waals surface area contributed by atoms with Crippen LogP contribution in [-0.4, -0.2) is 23.3 Å². The van der Waals surface area contributed by atoms with Crippen LogP contribution in [0.1, 0.15) is 33.6 Å². The molecule has 5 heteroatoms. The van der Waals surface area contributed by atoms with Gasteiger partial charge < -0.3 is 15.0 Å². The molecular weight excluding hydrogens is 293 g/mol. The van der Waals surface area contributed by atoms with E-state index in [1.807, 2.05) is 0 Å². The fraction of sp³-hybridized carbons (Fsp3) is 0.750. The van der Waals surface area contributed by atoms with Crippen LogP contribution in [0.25, 0.3) is 0 Å². The molecule has 0 aliphatic carbocycles. The fourth-order valence-electron chi connectivity index (χ4n) is 0.546. The summed E-state index contributed by atoms with van der Waals surface area (Å²) >= 11 is 0. The molecule has 0 aromatic carbocycles. The first-order chi connectivity index (χ1) is 4.95.